The highest BCUT2D eigenvalue weighted by Crippen LogP contribution is 2.22. The van der Waals surface area contributed by atoms with E-state index in [2.05, 4.69) is 27.2 Å². The van der Waals surface area contributed by atoms with Crippen molar-refractivity contribution in [2.75, 3.05) is 18.5 Å². The van der Waals surface area contributed by atoms with Gasteiger partial charge in [0, 0.05) is 37.1 Å². The van der Waals surface area contributed by atoms with Gasteiger partial charge < -0.3 is 10.1 Å². The van der Waals surface area contributed by atoms with Crippen LogP contribution in [-0.4, -0.2) is 33.9 Å². The number of aromatic nitrogens is 3. The van der Waals surface area contributed by atoms with Crippen molar-refractivity contribution in [1.29, 1.82) is 0 Å². The minimum absolute atomic E-state index is 0.326. The van der Waals surface area contributed by atoms with Gasteiger partial charge in [0.25, 0.3) is 5.91 Å². The Morgan fingerprint density at radius 2 is 1.94 bits per heavy atom. The first-order valence-electron chi connectivity index (χ1n) is 10.2. The monoisotopic (exact) mass is 434 g/mol. The van der Waals surface area contributed by atoms with E-state index in [1.165, 1.54) is 6.20 Å². The number of pyridine rings is 1. The van der Waals surface area contributed by atoms with Crippen molar-refractivity contribution in [3.8, 4) is 11.8 Å². The van der Waals surface area contributed by atoms with Gasteiger partial charge in [0.2, 0.25) is 0 Å². The summed E-state index contributed by atoms with van der Waals surface area (Å²) in [5.41, 5.74) is 2.88. The first kappa shape index (κ1) is 21.1. The Balaban J connectivity index is 1.48. The Hall–Kier alpha value is -3.14. The maximum atomic E-state index is 13.0. The van der Waals surface area contributed by atoms with Crippen molar-refractivity contribution in [1.82, 2.24) is 14.8 Å². The van der Waals surface area contributed by atoms with Crippen LogP contribution in [0.4, 0.5) is 5.82 Å². The first-order valence-corrected chi connectivity index (χ1v) is 10.6. The molecule has 1 aliphatic heterocycles. The molecule has 1 aromatic carbocycles. The molecule has 0 bridgehead atoms. The number of benzene rings is 1. The van der Waals surface area contributed by atoms with E-state index in [9.17, 15) is 4.79 Å². The van der Waals surface area contributed by atoms with Crippen LogP contribution in [0.15, 0.2) is 48.8 Å². The van der Waals surface area contributed by atoms with E-state index in [0.29, 0.717) is 29.0 Å². The number of hydrogen-bond acceptors (Lipinski definition) is 4. The molecule has 0 unspecified atom stereocenters. The molecule has 0 radical (unpaired) electrons. The molecule has 0 atom stereocenters. The Labute approximate surface area is 186 Å². The van der Waals surface area contributed by atoms with Crippen molar-refractivity contribution in [2.45, 2.75) is 26.3 Å². The Kier molecular flexibility index (Phi) is 6.66. The quantitative estimate of drug-likeness (QED) is 0.621. The maximum absolute atomic E-state index is 13.0. The van der Waals surface area contributed by atoms with Gasteiger partial charge in [-0.3, -0.25) is 9.48 Å². The zero-order valence-electron chi connectivity index (χ0n) is 17.3. The van der Waals surface area contributed by atoms with Gasteiger partial charge in [0.05, 0.1) is 11.2 Å². The Morgan fingerprint density at radius 3 is 2.68 bits per heavy atom. The largest absolute Gasteiger partial charge is 0.381 e. The molecule has 1 aliphatic rings. The highest BCUT2D eigenvalue weighted by molar-refractivity contribution is 6.34. The van der Waals surface area contributed by atoms with Gasteiger partial charge in [0.1, 0.15) is 11.5 Å². The SMILES string of the molecule is Cc1cc(C#Cc2ccccc2)cnc1NC(=O)c1c(Cl)cnn1CC1CCOCC1. The zero-order valence-corrected chi connectivity index (χ0v) is 18.0. The third kappa shape index (κ3) is 5.32. The number of halogens is 1. The fourth-order valence-electron chi connectivity index (χ4n) is 3.51. The summed E-state index contributed by atoms with van der Waals surface area (Å²) < 4.78 is 7.09. The number of aryl methyl sites for hydroxylation is 1. The van der Waals surface area contributed by atoms with Crippen LogP contribution >= 0.6 is 11.6 Å². The third-order valence-corrected chi connectivity index (χ3v) is 5.49. The van der Waals surface area contributed by atoms with Gasteiger partial charge in [-0.05, 0) is 49.4 Å². The number of nitrogens with one attached hydrogen (secondary N) is 1. The van der Waals surface area contributed by atoms with Crippen LogP contribution in [0, 0.1) is 24.7 Å². The topological polar surface area (TPSA) is 69.0 Å². The van der Waals surface area contributed by atoms with Gasteiger partial charge in [0.15, 0.2) is 0 Å². The van der Waals surface area contributed by atoms with Crippen molar-refractivity contribution < 1.29 is 9.53 Å². The molecule has 158 valence electrons. The molecule has 6 nitrogen and oxygen atoms in total. The van der Waals surface area contributed by atoms with Crippen LogP contribution in [0.25, 0.3) is 0 Å². The predicted octanol–water partition coefficient (Wildman–Crippen LogP) is 4.32. The lowest BCUT2D eigenvalue weighted by Gasteiger charge is -2.22. The summed E-state index contributed by atoms with van der Waals surface area (Å²) in [6, 6.07) is 11.7. The summed E-state index contributed by atoms with van der Waals surface area (Å²) in [6.45, 7) is 4.00. The van der Waals surface area contributed by atoms with E-state index in [-0.39, 0.29) is 5.91 Å². The molecule has 1 saturated heterocycles. The molecule has 3 heterocycles. The molecule has 0 spiro atoms. The fraction of sp³-hybridized carbons (Fsp3) is 0.292. The Morgan fingerprint density at radius 1 is 1.19 bits per heavy atom. The van der Waals surface area contributed by atoms with Crippen molar-refractivity contribution >= 4 is 23.3 Å². The standard InChI is InChI=1S/C24H23ClN4O2/c1-17-13-20(8-7-18-5-3-2-4-6-18)14-26-23(17)28-24(30)22-21(25)15-27-29(22)16-19-9-11-31-12-10-19/h2-6,13-15,19H,9-12,16H2,1H3,(H,26,28,30). The van der Waals surface area contributed by atoms with Crippen LogP contribution in [0.1, 0.15) is 40.0 Å². The summed E-state index contributed by atoms with van der Waals surface area (Å²) in [6.07, 6.45) is 5.06. The predicted molar refractivity (Wildman–Crippen MR) is 120 cm³/mol. The second-order valence-electron chi connectivity index (χ2n) is 7.54. The molecule has 0 saturated carbocycles. The lowest BCUT2D eigenvalue weighted by atomic mass is 10.0. The number of rotatable bonds is 4. The molecule has 1 fully saturated rings. The summed E-state index contributed by atoms with van der Waals surface area (Å²) in [7, 11) is 0. The van der Waals surface area contributed by atoms with Crippen LogP contribution in [0.3, 0.4) is 0 Å². The second kappa shape index (κ2) is 9.78. The molecule has 1 amide bonds. The number of carbonyl (C=O) groups is 1. The number of anilines is 1. The lowest BCUT2D eigenvalue weighted by molar-refractivity contribution is 0.0598. The summed E-state index contributed by atoms with van der Waals surface area (Å²) in [5.74, 6) is 6.78. The van der Waals surface area contributed by atoms with Gasteiger partial charge >= 0.3 is 0 Å². The van der Waals surface area contributed by atoms with Gasteiger partial charge in [-0.25, -0.2) is 4.98 Å². The average molecular weight is 435 g/mol. The van der Waals surface area contributed by atoms with Gasteiger partial charge in [-0.1, -0.05) is 41.6 Å². The number of nitrogens with zero attached hydrogens (tertiary/aromatic N) is 3. The average Bonchev–Trinajstić information content (AvgIpc) is 3.15. The maximum Gasteiger partial charge on any atom is 0.276 e. The Bertz CT molecular complexity index is 1130. The summed E-state index contributed by atoms with van der Waals surface area (Å²) in [4.78, 5) is 17.3. The van der Waals surface area contributed by atoms with Gasteiger partial charge in [-0.15, -0.1) is 0 Å². The van der Waals surface area contributed by atoms with E-state index < -0.39 is 0 Å². The molecule has 31 heavy (non-hydrogen) atoms. The molecular weight excluding hydrogens is 412 g/mol. The highest BCUT2D eigenvalue weighted by Gasteiger charge is 2.22. The molecule has 3 aromatic rings. The molecule has 7 heteroatoms. The molecule has 4 rings (SSSR count). The molecule has 1 N–H and O–H groups in total. The second-order valence-corrected chi connectivity index (χ2v) is 7.95. The van der Waals surface area contributed by atoms with E-state index in [0.717, 1.165) is 42.7 Å². The van der Waals surface area contributed by atoms with Crippen molar-refractivity contribution in [3.63, 3.8) is 0 Å². The van der Waals surface area contributed by atoms with Crippen LogP contribution < -0.4 is 5.32 Å². The van der Waals surface area contributed by atoms with Crippen LogP contribution in [0.5, 0.6) is 0 Å². The van der Waals surface area contributed by atoms with E-state index >= 15 is 0 Å². The van der Waals surface area contributed by atoms with E-state index in [4.69, 9.17) is 16.3 Å². The minimum atomic E-state index is -0.326. The van der Waals surface area contributed by atoms with Crippen molar-refractivity contribution in [2.24, 2.45) is 5.92 Å². The fourth-order valence-corrected chi connectivity index (χ4v) is 3.73. The van der Waals surface area contributed by atoms with Crippen molar-refractivity contribution in [3.05, 3.63) is 76.2 Å². The molecule has 0 aliphatic carbocycles. The number of carbonyl (C=O) groups excluding carboxylic acids is 1. The van der Waals surface area contributed by atoms with Crippen LogP contribution in [0.2, 0.25) is 5.02 Å². The molecule has 2 aromatic heterocycles. The smallest absolute Gasteiger partial charge is 0.276 e. The number of amides is 1. The third-order valence-electron chi connectivity index (χ3n) is 5.22. The zero-order chi connectivity index (χ0) is 21.6. The minimum Gasteiger partial charge on any atom is -0.381 e. The van der Waals surface area contributed by atoms with E-state index in [1.54, 1.807) is 10.9 Å². The van der Waals surface area contributed by atoms with Crippen LogP contribution in [-0.2, 0) is 11.3 Å². The summed E-state index contributed by atoms with van der Waals surface area (Å²) >= 11 is 6.28. The van der Waals surface area contributed by atoms with Gasteiger partial charge in [-0.2, -0.15) is 5.10 Å². The van der Waals surface area contributed by atoms with E-state index in [1.807, 2.05) is 43.3 Å². The summed E-state index contributed by atoms with van der Waals surface area (Å²) in [5, 5.41) is 7.50. The first-order chi connectivity index (χ1) is 15.1. The number of hydrogen-bond donors (Lipinski definition) is 1. The number of ether oxygens (including phenoxy) is 1. The molecular formula is C24H23ClN4O2. The normalized spacial score (nSPS) is 14.0. The lowest BCUT2D eigenvalue weighted by Crippen LogP contribution is -2.25. The highest BCUT2D eigenvalue weighted by atomic mass is 35.5.